The van der Waals surface area contributed by atoms with Crippen LogP contribution in [-0.2, 0) is 0 Å². The van der Waals surface area contributed by atoms with Crippen LogP contribution in [0.25, 0.3) is 0 Å². The van der Waals surface area contributed by atoms with Gasteiger partial charge >= 0.3 is 0 Å². The summed E-state index contributed by atoms with van der Waals surface area (Å²) in [5, 5.41) is 0. The van der Waals surface area contributed by atoms with Gasteiger partial charge in [0.05, 0.1) is 0 Å². The third-order valence-corrected chi connectivity index (χ3v) is 3.35. The van der Waals surface area contributed by atoms with Crippen LogP contribution in [-0.4, -0.2) is 23.5 Å². The molecule has 0 spiro atoms. The van der Waals surface area contributed by atoms with Crippen molar-refractivity contribution in [2.24, 2.45) is 5.92 Å². The van der Waals surface area contributed by atoms with Crippen LogP contribution in [0.15, 0.2) is 0 Å². The maximum absolute atomic E-state index is 2.62. The fourth-order valence-corrected chi connectivity index (χ4v) is 1.84. The largest absolute Gasteiger partial charge is 0.297 e. The normalized spacial score (nSPS) is 21.8. The first-order chi connectivity index (χ1) is 5.12. The van der Waals surface area contributed by atoms with Crippen molar-refractivity contribution in [1.29, 1.82) is 0 Å². The molecule has 1 rings (SSSR count). The molecule has 1 saturated heterocycles. The lowest BCUT2D eigenvalue weighted by atomic mass is 9.87. The zero-order valence-corrected chi connectivity index (χ0v) is 8.35. The Hall–Kier alpha value is -0.0400. The van der Waals surface area contributed by atoms with E-state index in [4.69, 9.17) is 0 Å². The third-order valence-electron chi connectivity index (χ3n) is 3.35. The van der Waals surface area contributed by atoms with E-state index < -0.39 is 0 Å². The standard InChI is InChI=1S/C10H21N/c1-5-10(4,6-2)11-7-9(3)8-11/h9H,5-8H2,1-4H3. The van der Waals surface area contributed by atoms with Crippen molar-refractivity contribution >= 4 is 0 Å². The molecule has 0 N–H and O–H groups in total. The van der Waals surface area contributed by atoms with Gasteiger partial charge in [-0.25, -0.2) is 0 Å². The molecule has 0 aromatic rings. The summed E-state index contributed by atoms with van der Waals surface area (Å²) in [6, 6.07) is 0. The molecule has 1 heteroatoms. The minimum Gasteiger partial charge on any atom is -0.297 e. The zero-order chi connectivity index (χ0) is 8.48. The Labute approximate surface area is 70.8 Å². The molecular formula is C10H21N. The summed E-state index contributed by atoms with van der Waals surface area (Å²) in [6.07, 6.45) is 2.58. The molecule has 0 atom stereocenters. The smallest absolute Gasteiger partial charge is 0.0176 e. The number of nitrogens with zero attached hydrogens (tertiary/aromatic N) is 1. The highest BCUT2D eigenvalue weighted by atomic mass is 15.2. The second-order valence-electron chi connectivity index (χ2n) is 4.21. The Kier molecular flexibility index (Phi) is 2.58. The molecule has 0 unspecified atom stereocenters. The summed E-state index contributed by atoms with van der Waals surface area (Å²) in [4.78, 5) is 2.62. The average Bonchev–Trinajstić information content (AvgIpc) is 1.98. The van der Waals surface area contributed by atoms with Crippen molar-refractivity contribution in [2.45, 2.75) is 46.1 Å². The molecule has 0 aliphatic carbocycles. The van der Waals surface area contributed by atoms with Crippen LogP contribution >= 0.6 is 0 Å². The Morgan fingerprint density at radius 3 is 2.00 bits per heavy atom. The van der Waals surface area contributed by atoms with E-state index in [9.17, 15) is 0 Å². The quantitative estimate of drug-likeness (QED) is 0.605. The van der Waals surface area contributed by atoms with Crippen molar-refractivity contribution < 1.29 is 0 Å². The monoisotopic (exact) mass is 155 g/mol. The Balaban J connectivity index is 2.43. The summed E-state index contributed by atoms with van der Waals surface area (Å²) in [6.45, 7) is 12.0. The van der Waals surface area contributed by atoms with Gasteiger partial charge in [-0.2, -0.15) is 0 Å². The topological polar surface area (TPSA) is 3.24 Å². The van der Waals surface area contributed by atoms with E-state index in [0.29, 0.717) is 5.54 Å². The Bertz CT molecular complexity index is 121. The Morgan fingerprint density at radius 1 is 1.27 bits per heavy atom. The van der Waals surface area contributed by atoms with E-state index in [1.807, 2.05) is 0 Å². The van der Waals surface area contributed by atoms with Crippen molar-refractivity contribution in [2.75, 3.05) is 13.1 Å². The molecule has 0 saturated carbocycles. The highest BCUT2D eigenvalue weighted by Gasteiger charge is 2.35. The molecule has 0 aromatic carbocycles. The van der Waals surface area contributed by atoms with Gasteiger partial charge in [0.2, 0.25) is 0 Å². The van der Waals surface area contributed by atoms with E-state index in [1.165, 1.54) is 25.9 Å². The molecule has 1 fully saturated rings. The number of hydrogen-bond acceptors (Lipinski definition) is 1. The molecule has 66 valence electrons. The zero-order valence-electron chi connectivity index (χ0n) is 8.35. The van der Waals surface area contributed by atoms with Crippen molar-refractivity contribution in [1.82, 2.24) is 4.90 Å². The summed E-state index contributed by atoms with van der Waals surface area (Å²) in [5.41, 5.74) is 0.493. The SMILES string of the molecule is CCC(C)(CC)N1CC(C)C1. The highest BCUT2D eigenvalue weighted by Crippen LogP contribution is 2.30. The molecule has 1 heterocycles. The molecule has 0 amide bonds. The summed E-state index contributed by atoms with van der Waals surface area (Å²) in [7, 11) is 0. The number of rotatable bonds is 3. The molecule has 1 nitrogen and oxygen atoms in total. The van der Waals surface area contributed by atoms with E-state index in [1.54, 1.807) is 0 Å². The molecule has 1 aliphatic heterocycles. The van der Waals surface area contributed by atoms with Gasteiger partial charge in [0.25, 0.3) is 0 Å². The van der Waals surface area contributed by atoms with Gasteiger partial charge in [-0.15, -0.1) is 0 Å². The summed E-state index contributed by atoms with van der Waals surface area (Å²) < 4.78 is 0. The van der Waals surface area contributed by atoms with Crippen molar-refractivity contribution in [3.63, 3.8) is 0 Å². The van der Waals surface area contributed by atoms with E-state index in [2.05, 4.69) is 32.6 Å². The van der Waals surface area contributed by atoms with Gasteiger partial charge in [-0.1, -0.05) is 20.8 Å². The number of hydrogen-bond donors (Lipinski definition) is 0. The van der Waals surface area contributed by atoms with Crippen LogP contribution in [0.3, 0.4) is 0 Å². The van der Waals surface area contributed by atoms with E-state index in [-0.39, 0.29) is 0 Å². The van der Waals surface area contributed by atoms with Crippen LogP contribution in [0.4, 0.5) is 0 Å². The first-order valence-corrected chi connectivity index (χ1v) is 4.87. The van der Waals surface area contributed by atoms with Crippen molar-refractivity contribution in [3.8, 4) is 0 Å². The number of likely N-dealkylation sites (tertiary alicyclic amines) is 1. The van der Waals surface area contributed by atoms with E-state index >= 15 is 0 Å². The van der Waals surface area contributed by atoms with E-state index in [0.717, 1.165) is 5.92 Å². The summed E-state index contributed by atoms with van der Waals surface area (Å²) in [5.74, 6) is 0.937. The first kappa shape index (κ1) is 9.05. The molecule has 0 radical (unpaired) electrons. The van der Waals surface area contributed by atoms with Crippen LogP contribution in [0.1, 0.15) is 40.5 Å². The molecule has 0 bridgehead atoms. The predicted molar refractivity (Wildman–Crippen MR) is 49.7 cm³/mol. The second-order valence-corrected chi connectivity index (χ2v) is 4.21. The van der Waals surface area contributed by atoms with Gasteiger partial charge in [0.1, 0.15) is 0 Å². The lowest BCUT2D eigenvalue weighted by Gasteiger charge is -2.49. The van der Waals surface area contributed by atoms with Gasteiger partial charge in [0.15, 0.2) is 0 Å². The van der Waals surface area contributed by atoms with Gasteiger partial charge in [-0.05, 0) is 25.7 Å². The average molecular weight is 155 g/mol. The third kappa shape index (κ3) is 1.58. The maximum atomic E-state index is 2.62. The molecule has 0 aromatic heterocycles. The second kappa shape index (κ2) is 3.14. The lowest BCUT2D eigenvalue weighted by molar-refractivity contribution is -0.00405. The minimum atomic E-state index is 0.493. The highest BCUT2D eigenvalue weighted by molar-refractivity contribution is 4.91. The minimum absolute atomic E-state index is 0.493. The summed E-state index contributed by atoms with van der Waals surface area (Å²) >= 11 is 0. The van der Waals surface area contributed by atoms with Gasteiger partial charge in [-0.3, -0.25) is 4.90 Å². The molecule has 11 heavy (non-hydrogen) atoms. The fourth-order valence-electron chi connectivity index (χ4n) is 1.84. The molecule has 1 aliphatic rings. The lowest BCUT2D eigenvalue weighted by Crippen LogP contribution is -2.57. The van der Waals surface area contributed by atoms with Gasteiger partial charge < -0.3 is 0 Å². The fraction of sp³-hybridized carbons (Fsp3) is 1.00. The molecular weight excluding hydrogens is 134 g/mol. The predicted octanol–water partition coefficient (Wildman–Crippen LogP) is 2.52. The van der Waals surface area contributed by atoms with Crippen LogP contribution < -0.4 is 0 Å². The van der Waals surface area contributed by atoms with Crippen LogP contribution in [0.5, 0.6) is 0 Å². The van der Waals surface area contributed by atoms with Crippen molar-refractivity contribution in [3.05, 3.63) is 0 Å². The first-order valence-electron chi connectivity index (χ1n) is 4.87. The van der Waals surface area contributed by atoms with Crippen LogP contribution in [0.2, 0.25) is 0 Å². The van der Waals surface area contributed by atoms with Gasteiger partial charge in [0, 0.05) is 18.6 Å². The maximum Gasteiger partial charge on any atom is 0.0176 e. The van der Waals surface area contributed by atoms with Crippen LogP contribution in [0, 0.1) is 5.92 Å². The Morgan fingerprint density at radius 2 is 1.73 bits per heavy atom.